The zero-order valence-corrected chi connectivity index (χ0v) is 9.79. The normalized spacial score (nSPS) is 24.5. The molecule has 76 valence electrons. The van der Waals surface area contributed by atoms with E-state index in [1.165, 1.54) is 25.3 Å². The molecule has 0 saturated carbocycles. The van der Waals surface area contributed by atoms with Crippen LogP contribution in [0.1, 0.15) is 19.8 Å². The molecule has 1 fully saturated rings. The maximum atomic E-state index is 5.48. The van der Waals surface area contributed by atoms with Crippen molar-refractivity contribution in [2.45, 2.75) is 25.0 Å². The molecule has 1 rings (SSSR count). The Bertz CT molecular complexity index is 173. The lowest BCUT2D eigenvalue weighted by Crippen LogP contribution is -2.39. The summed E-state index contributed by atoms with van der Waals surface area (Å²) in [6, 6.07) is 0. The van der Waals surface area contributed by atoms with E-state index in [1.807, 2.05) is 0 Å². The van der Waals surface area contributed by atoms with Crippen LogP contribution < -0.4 is 5.73 Å². The van der Waals surface area contributed by atoms with Crippen LogP contribution in [-0.4, -0.2) is 40.5 Å². The molecule has 2 nitrogen and oxygen atoms in total. The molecule has 13 heavy (non-hydrogen) atoms. The van der Waals surface area contributed by atoms with Gasteiger partial charge in [-0.15, -0.1) is 0 Å². The summed E-state index contributed by atoms with van der Waals surface area (Å²) in [4.78, 5) is 3.12. The Balaban J connectivity index is 2.21. The Morgan fingerprint density at radius 1 is 1.69 bits per heavy atom. The zero-order chi connectivity index (χ0) is 9.68. The summed E-state index contributed by atoms with van der Waals surface area (Å²) in [5, 5.41) is 0.820. The molecule has 0 aromatic rings. The van der Waals surface area contributed by atoms with Crippen LogP contribution in [0.15, 0.2) is 0 Å². The van der Waals surface area contributed by atoms with Crippen molar-refractivity contribution in [1.29, 1.82) is 0 Å². The predicted molar refractivity (Wildman–Crippen MR) is 64.4 cm³/mol. The van der Waals surface area contributed by atoms with Crippen molar-refractivity contribution in [2.75, 3.05) is 25.4 Å². The first-order valence-electron chi connectivity index (χ1n) is 4.84. The average Bonchev–Trinajstić information content (AvgIpc) is 2.15. The van der Waals surface area contributed by atoms with Crippen LogP contribution in [0.5, 0.6) is 0 Å². The van der Waals surface area contributed by atoms with E-state index in [9.17, 15) is 0 Å². The van der Waals surface area contributed by atoms with Gasteiger partial charge in [-0.25, -0.2) is 0 Å². The molecule has 0 bridgehead atoms. The summed E-state index contributed by atoms with van der Waals surface area (Å²) in [6.07, 6.45) is 2.14. The highest BCUT2D eigenvalue weighted by atomic mass is 32.2. The Labute approximate surface area is 90.2 Å². The highest BCUT2D eigenvalue weighted by Crippen LogP contribution is 2.20. The summed E-state index contributed by atoms with van der Waals surface area (Å²) in [5.74, 6) is 1.26. The molecular weight excluding hydrogens is 200 g/mol. The topological polar surface area (TPSA) is 29.3 Å². The van der Waals surface area contributed by atoms with Gasteiger partial charge in [0.25, 0.3) is 0 Å². The van der Waals surface area contributed by atoms with Crippen LogP contribution in [0.25, 0.3) is 0 Å². The second-order valence-corrected chi connectivity index (χ2v) is 5.35. The van der Waals surface area contributed by atoms with E-state index in [0.29, 0.717) is 4.99 Å². The maximum absolute atomic E-state index is 5.48. The van der Waals surface area contributed by atoms with Gasteiger partial charge in [0.15, 0.2) is 0 Å². The predicted octanol–water partition coefficient (Wildman–Crippen LogP) is 1.49. The monoisotopic (exact) mass is 218 g/mol. The molecule has 1 aliphatic heterocycles. The third-order valence-electron chi connectivity index (χ3n) is 2.35. The Morgan fingerprint density at radius 3 is 3.08 bits per heavy atom. The molecule has 1 aliphatic rings. The number of nitrogens with two attached hydrogens (primary N) is 1. The summed E-state index contributed by atoms with van der Waals surface area (Å²) in [6.45, 7) is 5.72. The first kappa shape index (κ1) is 11.3. The number of rotatable bonds is 4. The van der Waals surface area contributed by atoms with Crippen molar-refractivity contribution in [3.8, 4) is 0 Å². The molecule has 1 heterocycles. The lowest BCUT2D eigenvalue weighted by molar-refractivity contribution is 0.289. The van der Waals surface area contributed by atoms with Gasteiger partial charge in [-0.2, -0.15) is 11.8 Å². The summed E-state index contributed by atoms with van der Waals surface area (Å²) < 4.78 is 0. The largest absolute Gasteiger partial charge is 0.393 e. The maximum Gasteiger partial charge on any atom is 0.0740 e. The fourth-order valence-corrected chi connectivity index (χ4v) is 2.84. The van der Waals surface area contributed by atoms with Crippen molar-refractivity contribution in [3.05, 3.63) is 0 Å². The molecule has 2 N–H and O–H groups in total. The van der Waals surface area contributed by atoms with Gasteiger partial charge in [-0.3, -0.25) is 0 Å². The van der Waals surface area contributed by atoms with Crippen LogP contribution in [0.3, 0.4) is 0 Å². The van der Waals surface area contributed by atoms with Crippen LogP contribution in [0.2, 0.25) is 0 Å². The van der Waals surface area contributed by atoms with E-state index < -0.39 is 0 Å². The van der Waals surface area contributed by atoms with Crippen molar-refractivity contribution in [1.82, 2.24) is 4.90 Å². The van der Waals surface area contributed by atoms with Crippen molar-refractivity contribution < 1.29 is 0 Å². The van der Waals surface area contributed by atoms with Gasteiger partial charge >= 0.3 is 0 Å². The van der Waals surface area contributed by atoms with E-state index in [4.69, 9.17) is 18.0 Å². The van der Waals surface area contributed by atoms with Gasteiger partial charge < -0.3 is 10.6 Å². The first-order valence-corrected chi connectivity index (χ1v) is 6.30. The summed E-state index contributed by atoms with van der Waals surface area (Å²) >= 11 is 6.96. The molecule has 0 spiro atoms. The molecule has 4 heteroatoms. The molecular formula is C9H18N2S2. The average molecular weight is 218 g/mol. The van der Waals surface area contributed by atoms with E-state index in [-0.39, 0.29) is 0 Å². The van der Waals surface area contributed by atoms with Gasteiger partial charge in [0, 0.05) is 37.1 Å². The van der Waals surface area contributed by atoms with Gasteiger partial charge in [0.1, 0.15) is 0 Å². The SMILES string of the molecule is CCC1CN(CCC(N)=S)CCS1. The van der Waals surface area contributed by atoms with Crippen molar-refractivity contribution >= 4 is 29.0 Å². The van der Waals surface area contributed by atoms with Crippen LogP contribution in [-0.2, 0) is 0 Å². The molecule has 0 radical (unpaired) electrons. The second-order valence-electron chi connectivity index (χ2n) is 3.42. The van der Waals surface area contributed by atoms with Crippen LogP contribution in [0.4, 0.5) is 0 Å². The lowest BCUT2D eigenvalue weighted by Gasteiger charge is -2.31. The minimum absolute atomic E-state index is 0.645. The minimum atomic E-state index is 0.645. The molecule has 0 aromatic heterocycles. The quantitative estimate of drug-likeness (QED) is 0.724. The highest BCUT2D eigenvalue weighted by molar-refractivity contribution is 8.00. The third kappa shape index (κ3) is 4.29. The van der Waals surface area contributed by atoms with Gasteiger partial charge in [-0.1, -0.05) is 19.1 Å². The number of hydrogen-bond donors (Lipinski definition) is 1. The Morgan fingerprint density at radius 2 is 2.46 bits per heavy atom. The zero-order valence-electron chi connectivity index (χ0n) is 8.16. The van der Waals surface area contributed by atoms with E-state index in [1.54, 1.807) is 0 Å². The lowest BCUT2D eigenvalue weighted by atomic mass is 10.3. The number of nitrogens with zero attached hydrogens (tertiary/aromatic N) is 1. The van der Waals surface area contributed by atoms with Gasteiger partial charge in [0.05, 0.1) is 4.99 Å². The fourth-order valence-electron chi connectivity index (χ4n) is 1.50. The van der Waals surface area contributed by atoms with Crippen LogP contribution in [0, 0.1) is 0 Å². The van der Waals surface area contributed by atoms with Gasteiger partial charge in [0.2, 0.25) is 0 Å². The number of thiocarbonyl (C=S) groups is 1. The van der Waals surface area contributed by atoms with Crippen LogP contribution >= 0.6 is 24.0 Å². The smallest absolute Gasteiger partial charge is 0.0740 e. The molecule has 0 aromatic carbocycles. The van der Waals surface area contributed by atoms with E-state index >= 15 is 0 Å². The number of thioether (sulfide) groups is 1. The standard InChI is InChI=1S/C9H18N2S2/c1-2-8-7-11(5-6-13-8)4-3-9(10)12/h8H,2-7H2,1H3,(H2,10,12). The van der Waals surface area contributed by atoms with Crippen molar-refractivity contribution in [2.24, 2.45) is 5.73 Å². The highest BCUT2D eigenvalue weighted by Gasteiger charge is 2.18. The minimum Gasteiger partial charge on any atom is -0.393 e. The Hall–Kier alpha value is 0.200. The molecule has 1 unspecified atom stereocenters. The first-order chi connectivity index (χ1) is 6.22. The summed E-state index contributed by atoms with van der Waals surface area (Å²) in [7, 11) is 0. The molecule has 0 amide bonds. The molecule has 1 saturated heterocycles. The second kappa shape index (κ2) is 5.83. The van der Waals surface area contributed by atoms with E-state index in [0.717, 1.165) is 18.2 Å². The molecule has 0 aliphatic carbocycles. The Kier molecular flexibility index (Phi) is 5.06. The third-order valence-corrected chi connectivity index (χ3v) is 3.93. The van der Waals surface area contributed by atoms with E-state index in [2.05, 4.69) is 23.6 Å². The number of hydrogen-bond acceptors (Lipinski definition) is 3. The molecule has 1 atom stereocenters. The summed E-state index contributed by atoms with van der Waals surface area (Å²) in [5.41, 5.74) is 5.48. The van der Waals surface area contributed by atoms with Crippen molar-refractivity contribution in [3.63, 3.8) is 0 Å². The fraction of sp³-hybridized carbons (Fsp3) is 0.889. The van der Waals surface area contributed by atoms with Gasteiger partial charge in [-0.05, 0) is 6.42 Å².